The summed E-state index contributed by atoms with van der Waals surface area (Å²) in [6, 6.07) is 40.2. The third-order valence-corrected chi connectivity index (χ3v) is 12.6. The summed E-state index contributed by atoms with van der Waals surface area (Å²) in [5.41, 5.74) is 5.73. The number of thiazole rings is 2. The molecular formula is C43H27Br2N7O4S2. The smallest absolute Gasteiger partial charge is 0.269 e. The highest BCUT2D eigenvalue weighted by Gasteiger charge is 2.53. The lowest BCUT2D eigenvalue weighted by Crippen LogP contribution is -2.41. The molecule has 9 rings (SSSR count). The summed E-state index contributed by atoms with van der Waals surface area (Å²) >= 11 is 9.53. The van der Waals surface area contributed by atoms with Crippen LogP contribution >= 0.6 is 54.5 Å². The number of rotatable bonds is 10. The van der Waals surface area contributed by atoms with Crippen LogP contribution in [0.1, 0.15) is 22.6 Å². The molecule has 5 aromatic carbocycles. The van der Waals surface area contributed by atoms with Crippen molar-refractivity contribution in [2.45, 2.75) is 5.92 Å². The molecule has 2 aliphatic rings. The quantitative estimate of drug-likeness (QED) is 0.0990. The van der Waals surface area contributed by atoms with Crippen LogP contribution in [0.25, 0.3) is 22.5 Å². The van der Waals surface area contributed by atoms with Crippen molar-refractivity contribution in [2.24, 2.45) is 22.0 Å². The molecule has 2 atom stereocenters. The number of nitro groups is 1. The first kappa shape index (κ1) is 37.6. The maximum absolute atomic E-state index is 15.2. The Bertz CT molecular complexity index is 2580. The van der Waals surface area contributed by atoms with E-state index in [-0.39, 0.29) is 5.69 Å². The summed E-state index contributed by atoms with van der Waals surface area (Å²) < 4.78 is 1.86. The molecule has 2 aliphatic heterocycles. The van der Waals surface area contributed by atoms with Gasteiger partial charge in [0, 0.05) is 48.9 Å². The van der Waals surface area contributed by atoms with Gasteiger partial charge < -0.3 is 0 Å². The van der Waals surface area contributed by atoms with Crippen LogP contribution in [0.5, 0.6) is 0 Å². The summed E-state index contributed by atoms with van der Waals surface area (Å²) in [6.07, 6.45) is 0. The van der Waals surface area contributed by atoms with Crippen LogP contribution in [-0.2, 0) is 9.59 Å². The van der Waals surface area contributed by atoms with Gasteiger partial charge in [0.25, 0.3) is 17.5 Å². The van der Waals surface area contributed by atoms with Gasteiger partial charge in [0.15, 0.2) is 0 Å². The van der Waals surface area contributed by atoms with Crippen molar-refractivity contribution in [2.75, 3.05) is 10.0 Å². The summed E-state index contributed by atoms with van der Waals surface area (Å²) in [7, 11) is 0. The zero-order valence-electron chi connectivity index (χ0n) is 29.9. The highest BCUT2D eigenvalue weighted by Crippen LogP contribution is 2.46. The molecule has 0 N–H and O–H groups in total. The van der Waals surface area contributed by atoms with Gasteiger partial charge >= 0.3 is 0 Å². The summed E-state index contributed by atoms with van der Waals surface area (Å²) in [4.78, 5) is 51.5. The van der Waals surface area contributed by atoms with Gasteiger partial charge in [0.05, 0.1) is 39.6 Å². The lowest BCUT2D eigenvalue weighted by Gasteiger charge is -2.29. The normalized spacial score (nSPS) is 16.6. The van der Waals surface area contributed by atoms with Gasteiger partial charge in [-0.1, -0.05) is 129 Å². The Kier molecular flexibility index (Phi) is 10.2. The Hall–Kier alpha value is -6.00. The first-order valence-electron chi connectivity index (χ1n) is 17.9. The zero-order valence-corrected chi connectivity index (χ0v) is 34.7. The van der Waals surface area contributed by atoms with E-state index < -0.39 is 34.5 Å². The fraction of sp³-hybridized carbons (Fsp3) is 0.0698. The fourth-order valence-electron chi connectivity index (χ4n) is 7.17. The van der Waals surface area contributed by atoms with Gasteiger partial charge in [-0.2, -0.15) is 20.2 Å². The summed E-state index contributed by atoms with van der Waals surface area (Å²) in [5.74, 6) is -3.80. The van der Waals surface area contributed by atoms with Gasteiger partial charge in [0.2, 0.25) is 10.3 Å². The molecule has 0 fully saturated rings. The number of nitro benzene ring substituents is 1. The molecule has 7 aromatic rings. The van der Waals surface area contributed by atoms with E-state index in [2.05, 4.69) is 31.9 Å². The number of benzene rings is 5. The number of carbonyl (C=O) groups excluding carboxylic acids is 2. The minimum Gasteiger partial charge on any atom is -0.272 e. The van der Waals surface area contributed by atoms with E-state index in [1.165, 1.54) is 44.8 Å². The number of hydrazone groups is 2. The molecule has 11 nitrogen and oxygen atoms in total. The van der Waals surface area contributed by atoms with E-state index in [1.54, 1.807) is 12.1 Å². The number of anilines is 2. The summed E-state index contributed by atoms with van der Waals surface area (Å²) in [6.45, 7) is 0. The molecule has 58 heavy (non-hydrogen) atoms. The van der Waals surface area contributed by atoms with Crippen LogP contribution in [0.4, 0.5) is 16.0 Å². The van der Waals surface area contributed by atoms with Gasteiger partial charge in [-0.05, 0) is 41.0 Å². The average molecular weight is 930 g/mol. The van der Waals surface area contributed by atoms with E-state index in [0.717, 1.165) is 20.1 Å². The number of non-ortho nitro benzene ring substituents is 1. The largest absolute Gasteiger partial charge is 0.272 e. The molecule has 0 radical (unpaired) electrons. The Morgan fingerprint density at radius 2 is 0.983 bits per heavy atom. The van der Waals surface area contributed by atoms with Crippen molar-refractivity contribution in [1.29, 1.82) is 0 Å². The second-order valence-electron chi connectivity index (χ2n) is 13.4. The third kappa shape index (κ3) is 7.10. The Morgan fingerprint density at radius 3 is 1.38 bits per heavy atom. The van der Waals surface area contributed by atoms with E-state index in [4.69, 9.17) is 20.2 Å². The summed E-state index contributed by atoms with van der Waals surface area (Å²) in [5, 5.41) is 28.9. The number of nitrogens with zero attached hydrogens (tertiary/aromatic N) is 7. The molecule has 4 heterocycles. The van der Waals surface area contributed by atoms with Gasteiger partial charge in [-0.25, -0.2) is 9.97 Å². The molecule has 0 spiro atoms. The fourth-order valence-corrected chi connectivity index (χ4v) is 9.28. The number of halogens is 2. The third-order valence-electron chi connectivity index (χ3n) is 9.93. The van der Waals surface area contributed by atoms with Crippen LogP contribution < -0.4 is 10.0 Å². The maximum atomic E-state index is 15.2. The van der Waals surface area contributed by atoms with E-state index >= 15 is 9.59 Å². The van der Waals surface area contributed by atoms with Crippen molar-refractivity contribution in [3.8, 4) is 22.5 Å². The average Bonchev–Trinajstić information content (AvgIpc) is 4.07. The van der Waals surface area contributed by atoms with Crippen molar-refractivity contribution >= 4 is 93.7 Å². The van der Waals surface area contributed by atoms with E-state index in [1.807, 2.05) is 120 Å². The molecule has 284 valence electrons. The Labute approximate surface area is 356 Å². The predicted molar refractivity (Wildman–Crippen MR) is 234 cm³/mol. The van der Waals surface area contributed by atoms with Crippen LogP contribution in [0.15, 0.2) is 163 Å². The zero-order chi connectivity index (χ0) is 39.9. The molecular weight excluding hydrogens is 902 g/mol. The number of aromatic nitrogens is 2. The van der Waals surface area contributed by atoms with E-state index in [0.29, 0.717) is 49.8 Å². The monoisotopic (exact) mass is 927 g/mol. The molecule has 0 aliphatic carbocycles. The highest BCUT2D eigenvalue weighted by atomic mass is 79.9. The topological polar surface area (TPSA) is 134 Å². The lowest BCUT2D eigenvalue weighted by atomic mass is 9.70. The van der Waals surface area contributed by atoms with Crippen LogP contribution in [0.2, 0.25) is 0 Å². The minimum absolute atomic E-state index is 0.123. The molecule has 0 bridgehead atoms. The second-order valence-corrected chi connectivity index (χ2v) is 16.9. The predicted octanol–water partition coefficient (Wildman–Crippen LogP) is 10.6. The number of hydrogen-bond acceptors (Lipinski definition) is 10. The molecule has 0 saturated carbocycles. The van der Waals surface area contributed by atoms with Crippen LogP contribution in [0, 0.1) is 22.0 Å². The van der Waals surface area contributed by atoms with Gasteiger partial charge in [0.1, 0.15) is 0 Å². The van der Waals surface area contributed by atoms with Crippen molar-refractivity contribution in [3.63, 3.8) is 0 Å². The maximum Gasteiger partial charge on any atom is 0.269 e. The Morgan fingerprint density at radius 1 is 0.569 bits per heavy atom. The molecule has 0 unspecified atom stereocenters. The molecule has 0 saturated heterocycles. The van der Waals surface area contributed by atoms with Crippen LogP contribution in [0.3, 0.4) is 0 Å². The first-order chi connectivity index (χ1) is 28.2. The SMILES string of the molecule is O=C1[C@H](C(c2ccc([N+](=O)[O-])cc2)[C@H]2C(=O)N(c3nc(-c4ccc(Br)cc4)cs3)N=C2c2ccccc2)C(c2ccccc2)=NN1c1nc(-c2ccc(Br)cc2)cs1. The molecule has 2 aromatic heterocycles. The van der Waals surface area contributed by atoms with Crippen LogP contribution in [-0.4, -0.2) is 38.1 Å². The van der Waals surface area contributed by atoms with Crippen molar-refractivity contribution in [3.05, 3.63) is 180 Å². The number of carbonyl (C=O) groups is 2. The van der Waals surface area contributed by atoms with Crippen molar-refractivity contribution in [1.82, 2.24) is 9.97 Å². The Balaban J connectivity index is 1.19. The lowest BCUT2D eigenvalue weighted by molar-refractivity contribution is -0.384. The van der Waals surface area contributed by atoms with Gasteiger partial charge in [-0.3, -0.25) is 19.7 Å². The molecule has 15 heteroatoms. The number of hydrogen-bond donors (Lipinski definition) is 0. The highest BCUT2D eigenvalue weighted by molar-refractivity contribution is 9.10. The second kappa shape index (κ2) is 15.7. The van der Waals surface area contributed by atoms with E-state index in [9.17, 15) is 10.1 Å². The number of amides is 2. The first-order valence-corrected chi connectivity index (χ1v) is 21.2. The van der Waals surface area contributed by atoms with Gasteiger partial charge in [-0.15, -0.1) is 22.7 Å². The van der Waals surface area contributed by atoms with Crippen molar-refractivity contribution < 1.29 is 14.5 Å². The minimum atomic E-state index is -1.04. The molecule has 2 amide bonds. The standard InChI is InChI=1S/C43H27Br2N7O4S2/c44-30-17-11-25(12-18-30)33-23-57-42(46-33)50-40(53)36(38(48-50)28-7-3-1-4-8-28)35(27-15-21-32(22-16-27)52(55)56)37-39(29-9-5-2-6-10-29)49-51(41(37)54)43-47-34(24-58-43)26-13-19-31(45)20-14-26/h1-24,35-37H/t36-,37-/m1/s1.